The lowest BCUT2D eigenvalue weighted by atomic mass is 10.4. The zero-order chi connectivity index (χ0) is 10.4. The monoisotopic (exact) mass is 208 g/mol. The summed E-state index contributed by atoms with van der Waals surface area (Å²) in [5, 5.41) is 4.51. The zero-order valence-corrected chi connectivity index (χ0v) is 8.95. The molecular formula is C9H12N4S. The average molecular weight is 208 g/mol. The molecule has 1 N–H and O–H groups in total. The summed E-state index contributed by atoms with van der Waals surface area (Å²) in [5.74, 6) is 0. The summed E-state index contributed by atoms with van der Waals surface area (Å²) in [5.41, 5.74) is 3.51. The number of nitrogens with zero attached hydrogens (tertiary/aromatic N) is 3. The Hall–Kier alpha value is -1.49. The Labute approximate surface area is 88.6 Å². The van der Waals surface area contributed by atoms with Gasteiger partial charge in [0.25, 0.3) is 0 Å². The average Bonchev–Trinajstić information content (AvgIpc) is 2.19. The minimum atomic E-state index is 0.567. The molecule has 0 saturated carbocycles. The third kappa shape index (κ3) is 3.49. The molecule has 1 aromatic heterocycles. The van der Waals surface area contributed by atoms with Gasteiger partial charge in [-0.05, 0) is 24.4 Å². The summed E-state index contributed by atoms with van der Waals surface area (Å²) < 4.78 is 0. The third-order valence-electron chi connectivity index (χ3n) is 1.45. The summed E-state index contributed by atoms with van der Waals surface area (Å²) in [6, 6.07) is 5.62. The van der Waals surface area contributed by atoms with Crippen LogP contribution < -0.4 is 5.43 Å². The molecule has 0 aliphatic rings. The van der Waals surface area contributed by atoms with Crippen LogP contribution in [0.5, 0.6) is 0 Å². The van der Waals surface area contributed by atoms with E-state index < -0.39 is 0 Å². The molecule has 0 atom stereocenters. The lowest BCUT2D eigenvalue weighted by molar-refractivity contribution is 0.606. The van der Waals surface area contributed by atoms with E-state index in [1.54, 1.807) is 17.3 Å². The summed E-state index contributed by atoms with van der Waals surface area (Å²) in [4.78, 5) is 5.84. The lowest BCUT2D eigenvalue weighted by Crippen LogP contribution is -2.30. The molecule has 4 nitrogen and oxygen atoms in total. The number of hydrogen-bond acceptors (Lipinski definition) is 3. The largest absolute Gasteiger partial charge is 0.354 e. The standard InChI is InChI=1S/C9H12N4S/c1-13(2)9(14)12-11-7-8-5-3-4-6-10-8/h3-7H,1-2H3,(H,12,14). The molecule has 1 aromatic rings. The van der Waals surface area contributed by atoms with Crippen molar-refractivity contribution in [2.75, 3.05) is 14.1 Å². The van der Waals surface area contributed by atoms with Crippen molar-refractivity contribution in [1.82, 2.24) is 15.3 Å². The Bertz CT molecular complexity index is 321. The molecule has 74 valence electrons. The molecule has 0 saturated heterocycles. The van der Waals surface area contributed by atoms with Gasteiger partial charge in [-0.2, -0.15) is 5.10 Å². The van der Waals surface area contributed by atoms with Crippen LogP contribution in [0.25, 0.3) is 0 Å². The quantitative estimate of drug-likeness (QED) is 0.444. The van der Waals surface area contributed by atoms with Gasteiger partial charge >= 0.3 is 0 Å². The molecule has 0 aliphatic carbocycles. The number of pyridine rings is 1. The highest BCUT2D eigenvalue weighted by atomic mass is 32.1. The van der Waals surface area contributed by atoms with Crippen molar-refractivity contribution in [3.8, 4) is 0 Å². The fraction of sp³-hybridized carbons (Fsp3) is 0.222. The van der Waals surface area contributed by atoms with Gasteiger partial charge in [-0.1, -0.05) is 6.07 Å². The van der Waals surface area contributed by atoms with Crippen LogP contribution in [0.15, 0.2) is 29.5 Å². The summed E-state index contributed by atoms with van der Waals surface area (Å²) in [6.07, 6.45) is 3.33. The van der Waals surface area contributed by atoms with E-state index in [0.29, 0.717) is 5.11 Å². The Morgan fingerprint density at radius 1 is 1.57 bits per heavy atom. The first-order valence-corrected chi connectivity index (χ1v) is 4.52. The van der Waals surface area contributed by atoms with E-state index >= 15 is 0 Å². The van der Waals surface area contributed by atoms with Gasteiger partial charge < -0.3 is 4.90 Å². The number of hydrazone groups is 1. The molecule has 0 spiro atoms. The minimum Gasteiger partial charge on any atom is -0.354 e. The minimum absolute atomic E-state index is 0.567. The van der Waals surface area contributed by atoms with E-state index in [9.17, 15) is 0 Å². The molecular weight excluding hydrogens is 196 g/mol. The van der Waals surface area contributed by atoms with Gasteiger partial charge in [0.15, 0.2) is 5.11 Å². The molecule has 0 aromatic carbocycles. The highest BCUT2D eigenvalue weighted by Gasteiger charge is 1.93. The van der Waals surface area contributed by atoms with Gasteiger partial charge in [-0.25, -0.2) is 0 Å². The molecule has 0 radical (unpaired) electrons. The first-order chi connectivity index (χ1) is 6.70. The van der Waals surface area contributed by atoms with Crippen molar-refractivity contribution >= 4 is 23.5 Å². The van der Waals surface area contributed by atoms with Crippen LogP contribution in [-0.2, 0) is 0 Å². The van der Waals surface area contributed by atoms with E-state index in [-0.39, 0.29) is 0 Å². The topological polar surface area (TPSA) is 40.5 Å². The highest BCUT2D eigenvalue weighted by molar-refractivity contribution is 7.80. The Balaban J connectivity index is 2.46. The van der Waals surface area contributed by atoms with Gasteiger partial charge in [0.1, 0.15) is 0 Å². The van der Waals surface area contributed by atoms with Crippen LogP contribution in [0.3, 0.4) is 0 Å². The van der Waals surface area contributed by atoms with Crippen molar-refractivity contribution in [2.45, 2.75) is 0 Å². The van der Waals surface area contributed by atoms with Crippen LogP contribution in [0.2, 0.25) is 0 Å². The second kappa shape index (κ2) is 5.29. The van der Waals surface area contributed by atoms with Crippen molar-refractivity contribution < 1.29 is 0 Å². The Morgan fingerprint density at radius 3 is 2.93 bits per heavy atom. The van der Waals surface area contributed by atoms with Crippen molar-refractivity contribution in [3.05, 3.63) is 30.1 Å². The van der Waals surface area contributed by atoms with Crippen molar-refractivity contribution in [3.63, 3.8) is 0 Å². The molecule has 0 amide bonds. The molecule has 0 fully saturated rings. The van der Waals surface area contributed by atoms with Crippen LogP contribution >= 0.6 is 12.2 Å². The van der Waals surface area contributed by atoms with E-state index in [1.165, 1.54) is 0 Å². The smallest absolute Gasteiger partial charge is 0.189 e. The number of hydrogen-bond donors (Lipinski definition) is 1. The fourth-order valence-corrected chi connectivity index (χ4v) is 0.759. The van der Waals surface area contributed by atoms with Gasteiger partial charge in [0, 0.05) is 20.3 Å². The summed E-state index contributed by atoms with van der Waals surface area (Å²) >= 11 is 4.97. The second-order valence-corrected chi connectivity index (χ2v) is 3.21. The second-order valence-electron chi connectivity index (χ2n) is 2.82. The fourth-order valence-electron chi connectivity index (χ4n) is 0.706. The first-order valence-electron chi connectivity index (χ1n) is 4.11. The molecule has 0 unspecified atom stereocenters. The molecule has 0 aliphatic heterocycles. The Kier molecular flexibility index (Phi) is 4.00. The molecule has 5 heteroatoms. The third-order valence-corrected chi connectivity index (χ3v) is 1.91. The van der Waals surface area contributed by atoms with Crippen LogP contribution in [0.4, 0.5) is 0 Å². The molecule has 14 heavy (non-hydrogen) atoms. The molecule has 0 bridgehead atoms. The number of rotatable bonds is 2. The van der Waals surface area contributed by atoms with Crippen LogP contribution in [0, 0.1) is 0 Å². The van der Waals surface area contributed by atoms with E-state index in [1.807, 2.05) is 32.3 Å². The predicted octanol–water partition coefficient (Wildman–Crippen LogP) is 0.852. The summed E-state index contributed by atoms with van der Waals surface area (Å²) in [7, 11) is 3.71. The normalized spacial score (nSPS) is 10.1. The molecule has 1 rings (SSSR count). The number of thiocarbonyl (C=S) groups is 1. The maximum atomic E-state index is 4.97. The predicted molar refractivity (Wildman–Crippen MR) is 61.3 cm³/mol. The van der Waals surface area contributed by atoms with Gasteiger partial charge in [-0.3, -0.25) is 10.4 Å². The van der Waals surface area contributed by atoms with Crippen LogP contribution in [0.1, 0.15) is 5.69 Å². The zero-order valence-electron chi connectivity index (χ0n) is 8.14. The molecule has 1 heterocycles. The van der Waals surface area contributed by atoms with Gasteiger partial charge in [-0.15, -0.1) is 0 Å². The lowest BCUT2D eigenvalue weighted by Gasteiger charge is -2.11. The van der Waals surface area contributed by atoms with E-state index in [0.717, 1.165) is 5.69 Å². The Morgan fingerprint density at radius 2 is 2.36 bits per heavy atom. The van der Waals surface area contributed by atoms with Crippen molar-refractivity contribution in [2.24, 2.45) is 5.10 Å². The van der Waals surface area contributed by atoms with Gasteiger partial charge in [0.05, 0.1) is 11.9 Å². The number of aromatic nitrogens is 1. The SMILES string of the molecule is CN(C)C(=S)NN=Cc1ccccn1. The van der Waals surface area contributed by atoms with Crippen molar-refractivity contribution in [1.29, 1.82) is 0 Å². The maximum absolute atomic E-state index is 4.97. The number of nitrogens with one attached hydrogen (secondary N) is 1. The van der Waals surface area contributed by atoms with E-state index in [4.69, 9.17) is 12.2 Å². The van der Waals surface area contributed by atoms with Crippen LogP contribution in [-0.4, -0.2) is 35.3 Å². The van der Waals surface area contributed by atoms with Gasteiger partial charge in [0.2, 0.25) is 0 Å². The first kappa shape index (κ1) is 10.6. The highest BCUT2D eigenvalue weighted by Crippen LogP contribution is 1.87. The maximum Gasteiger partial charge on any atom is 0.189 e. The van der Waals surface area contributed by atoms with E-state index in [2.05, 4.69) is 15.5 Å². The summed E-state index contributed by atoms with van der Waals surface area (Å²) in [6.45, 7) is 0.